The van der Waals surface area contributed by atoms with E-state index in [0.717, 1.165) is 39.2 Å². The molecule has 164 valence electrons. The van der Waals surface area contributed by atoms with E-state index in [0.29, 0.717) is 9.90 Å². The monoisotopic (exact) mass is 475 g/mol. The number of aromatic carboxylic acids is 1. The van der Waals surface area contributed by atoms with E-state index in [9.17, 15) is 14.7 Å². The van der Waals surface area contributed by atoms with Gasteiger partial charge in [0.05, 0.1) is 5.69 Å². The van der Waals surface area contributed by atoms with Crippen LogP contribution in [0.5, 0.6) is 0 Å². The zero-order chi connectivity index (χ0) is 22.9. The number of nitrogens with one attached hydrogen (secondary N) is 1. The first-order valence-corrected chi connectivity index (χ1v) is 11.5. The Morgan fingerprint density at radius 2 is 1.61 bits per heavy atom. The van der Waals surface area contributed by atoms with Crippen molar-refractivity contribution in [2.75, 3.05) is 11.9 Å². The first kappa shape index (κ1) is 21.2. The Morgan fingerprint density at radius 1 is 0.939 bits per heavy atom. The minimum atomic E-state index is -1.12. The second kappa shape index (κ2) is 8.73. The van der Waals surface area contributed by atoms with Crippen molar-refractivity contribution in [1.82, 2.24) is 0 Å². The van der Waals surface area contributed by atoms with Crippen LogP contribution >= 0.6 is 22.9 Å². The van der Waals surface area contributed by atoms with Gasteiger partial charge in [0.15, 0.2) is 0 Å². The van der Waals surface area contributed by atoms with Crippen LogP contribution in [-0.4, -0.2) is 23.8 Å². The fraction of sp³-hybridized carbons (Fsp3) is 0.0769. The Bertz CT molecular complexity index is 1330. The van der Waals surface area contributed by atoms with E-state index in [1.807, 2.05) is 42.5 Å². The number of benzene rings is 3. The summed E-state index contributed by atoms with van der Waals surface area (Å²) in [7, 11) is 0. The van der Waals surface area contributed by atoms with Gasteiger partial charge in [-0.3, -0.25) is 5.32 Å². The Kier molecular flexibility index (Phi) is 5.62. The molecule has 1 amide bonds. The summed E-state index contributed by atoms with van der Waals surface area (Å²) in [6.45, 7) is 0.146. The van der Waals surface area contributed by atoms with Gasteiger partial charge in [0.25, 0.3) is 0 Å². The van der Waals surface area contributed by atoms with Gasteiger partial charge >= 0.3 is 12.1 Å². The van der Waals surface area contributed by atoms with E-state index in [4.69, 9.17) is 16.3 Å². The number of carboxylic acids is 1. The summed E-state index contributed by atoms with van der Waals surface area (Å²) >= 11 is 7.13. The van der Waals surface area contributed by atoms with Gasteiger partial charge in [0.2, 0.25) is 0 Å². The van der Waals surface area contributed by atoms with Crippen molar-refractivity contribution in [3.8, 4) is 21.6 Å². The molecule has 0 aliphatic heterocycles. The molecule has 0 fully saturated rings. The van der Waals surface area contributed by atoms with Crippen LogP contribution in [0.15, 0.2) is 78.9 Å². The summed E-state index contributed by atoms with van der Waals surface area (Å²) in [5, 5.41) is 12.8. The van der Waals surface area contributed by atoms with Gasteiger partial charge in [-0.1, -0.05) is 72.3 Å². The molecule has 33 heavy (non-hydrogen) atoms. The molecular weight excluding hydrogens is 458 g/mol. The predicted molar refractivity (Wildman–Crippen MR) is 130 cm³/mol. The Labute approximate surface area is 199 Å². The third kappa shape index (κ3) is 4.11. The second-order valence-corrected chi connectivity index (χ2v) is 9.11. The fourth-order valence-corrected chi connectivity index (χ4v) is 5.31. The van der Waals surface area contributed by atoms with Crippen LogP contribution in [0.4, 0.5) is 10.5 Å². The third-order valence-electron chi connectivity index (χ3n) is 5.62. The third-order valence-corrected chi connectivity index (χ3v) is 7.02. The highest BCUT2D eigenvalue weighted by molar-refractivity contribution is 7.18. The number of carbonyl (C=O) groups is 2. The molecule has 1 heterocycles. The van der Waals surface area contributed by atoms with Crippen LogP contribution in [0.25, 0.3) is 21.6 Å². The van der Waals surface area contributed by atoms with Crippen LogP contribution in [-0.2, 0) is 4.74 Å². The molecule has 5 nitrogen and oxygen atoms in total. The van der Waals surface area contributed by atoms with Crippen LogP contribution < -0.4 is 5.32 Å². The molecular formula is C26H18ClNO4S. The molecule has 0 spiro atoms. The van der Waals surface area contributed by atoms with E-state index < -0.39 is 12.1 Å². The van der Waals surface area contributed by atoms with Crippen molar-refractivity contribution >= 4 is 40.7 Å². The Morgan fingerprint density at radius 3 is 2.24 bits per heavy atom. The maximum absolute atomic E-state index is 12.6. The summed E-state index contributed by atoms with van der Waals surface area (Å²) in [4.78, 5) is 25.1. The van der Waals surface area contributed by atoms with Gasteiger partial charge in [-0.15, -0.1) is 11.3 Å². The standard InChI is InChI=1S/C26H18ClNO4S/c27-16-7-5-6-15(12-16)23-13-22(24(33-23)25(29)30)28-26(31)32-14-21-19-10-3-1-8-17(19)18-9-2-4-11-20(18)21/h1-13,21H,14H2,(H,28,31)(H,29,30). The topological polar surface area (TPSA) is 75.6 Å². The lowest BCUT2D eigenvalue weighted by Crippen LogP contribution is -2.18. The quantitative estimate of drug-likeness (QED) is 0.322. The van der Waals surface area contributed by atoms with Crippen molar-refractivity contribution in [2.45, 2.75) is 5.92 Å². The van der Waals surface area contributed by atoms with E-state index in [1.165, 1.54) is 0 Å². The van der Waals surface area contributed by atoms with Crippen LogP contribution in [0, 0.1) is 0 Å². The summed E-state index contributed by atoms with van der Waals surface area (Å²) in [6.07, 6.45) is -0.699. The van der Waals surface area contributed by atoms with Gasteiger partial charge in [0, 0.05) is 15.8 Å². The SMILES string of the molecule is O=C(Nc1cc(-c2cccc(Cl)c2)sc1C(=O)O)OCC1c2ccccc2-c2ccccc21. The molecule has 7 heteroatoms. The molecule has 4 aromatic rings. The van der Waals surface area contributed by atoms with Crippen molar-refractivity contribution in [2.24, 2.45) is 0 Å². The Balaban J connectivity index is 1.34. The summed E-state index contributed by atoms with van der Waals surface area (Å²) < 4.78 is 5.55. The summed E-state index contributed by atoms with van der Waals surface area (Å²) in [6, 6.07) is 24.9. The number of thiophene rings is 1. The fourth-order valence-electron chi connectivity index (χ4n) is 4.17. The number of hydrogen-bond acceptors (Lipinski definition) is 4. The van der Waals surface area contributed by atoms with Crippen LogP contribution in [0.1, 0.15) is 26.7 Å². The van der Waals surface area contributed by atoms with Gasteiger partial charge in [-0.2, -0.15) is 0 Å². The predicted octanol–water partition coefficient (Wildman–Crippen LogP) is 7.13. The van der Waals surface area contributed by atoms with E-state index in [-0.39, 0.29) is 23.1 Å². The molecule has 1 aromatic heterocycles. The molecule has 0 atom stereocenters. The number of ether oxygens (including phenoxy) is 1. The maximum atomic E-state index is 12.6. The smallest absolute Gasteiger partial charge is 0.411 e. The average Bonchev–Trinajstić information content (AvgIpc) is 3.37. The van der Waals surface area contributed by atoms with Gasteiger partial charge in [0.1, 0.15) is 11.5 Å². The highest BCUT2D eigenvalue weighted by atomic mass is 35.5. The summed E-state index contributed by atoms with van der Waals surface area (Å²) in [5.41, 5.74) is 5.46. The van der Waals surface area contributed by atoms with Crippen LogP contribution in [0.3, 0.4) is 0 Å². The summed E-state index contributed by atoms with van der Waals surface area (Å²) in [5.74, 6) is -1.20. The first-order chi connectivity index (χ1) is 16.0. The zero-order valence-corrected chi connectivity index (χ0v) is 18.8. The van der Waals surface area contributed by atoms with Gasteiger partial charge < -0.3 is 9.84 Å². The number of halogens is 1. The first-order valence-electron chi connectivity index (χ1n) is 10.3. The number of amides is 1. The molecule has 1 aliphatic carbocycles. The Hall–Kier alpha value is -3.61. The second-order valence-electron chi connectivity index (χ2n) is 7.62. The number of carboxylic acid groups (broad SMARTS) is 1. The van der Waals surface area contributed by atoms with Crippen molar-refractivity contribution < 1.29 is 19.4 Å². The lowest BCUT2D eigenvalue weighted by Gasteiger charge is -2.14. The molecule has 3 aromatic carbocycles. The van der Waals surface area contributed by atoms with E-state index >= 15 is 0 Å². The number of hydrogen-bond donors (Lipinski definition) is 2. The maximum Gasteiger partial charge on any atom is 0.411 e. The minimum Gasteiger partial charge on any atom is -0.477 e. The minimum absolute atomic E-state index is 0.0264. The number of carbonyl (C=O) groups excluding carboxylic acids is 1. The highest BCUT2D eigenvalue weighted by Crippen LogP contribution is 2.44. The normalized spacial score (nSPS) is 12.2. The van der Waals surface area contributed by atoms with Crippen molar-refractivity contribution in [3.63, 3.8) is 0 Å². The van der Waals surface area contributed by atoms with Gasteiger partial charge in [-0.05, 0) is 46.0 Å². The number of rotatable bonds is 5. The molecule has 1 aliphatic rings. The molecule has 0 radical (unpaired) electrons. The number of fused-ring (bicyclic) bond motifs is 3. The van der Waals surface area contributed by atoms with Crippen LogP contribution in [0.2, 0.25) is 5.02 Å². The van der Waals surface area contributed by atoms with E-state index in [2.05, 4.69) is 17.4 Å². The molecule has 5 rings (SSSR count). The van der Waals surface area contributed by atoms with E-state index in [1.54, 1.807) is 24.3 Å². The van der Waals surface area contributed by atoms with Crippen molar-refractivity contribution in [1.29, 1.82) is 0 Å². The largest absolute Gasteiger partial charge is 0.477 e. The molecule has 2 N–H and O–H groups in total. The molecule has 0 saturated heterocycles. The molecule has 0 bridgehead atoms. The molecule has 0 saturated carbocycles. The lowest BCUT2D eigenvalue weighted by atomic mass is 9.98. The zero-order valence-electron chi connectivity index (χ0n) is 17.2. The average molecular weight is 476 g/mol. The highest BCUT2D eigenvalue weighted by Gasteiger charge is 2.29. The van der Waals surface area contributed by atoms with Gasteiger partial charge in [-0.25, -0.2) is 9.59 Å². The number of anilines is 1. The molecule has 0 unspecified atom stereocenters. The van der Waals surface area contributed by atoms with Crippen molar-refractivity contribution in [3.05, 3.63) is 99.9 Å². The lowest BCUT2D eigenvalue weighted by molar-refractivity contribution is 0.0703.